The number of fused-ring (bicyclic) bond motifs is 1. The Hall–Kier alpha value is -1.68. The molecule has 138 valence electrons. The molecule has 1 unspecified atom stereocenters. The number of likely N-dealkylation sites (tertiary alicyclic amines) is 1. The summed E-state index contributed by atoms with van der Waals surface area (Å²) in [5.74, 6) is 0. The summed E-state index contributed by atoms with van der Waals surface area (Å²) in [6, 6.07) is 17.6. The van der Waals surface area contributed by atoms with Gasteiger partial charge in [0.1, 0.15) is 6.04 Å². The predicted molar refractivity (Wildman–Crippen MR) is 106 cm³/mol. The van der Waals surface area contributed by atoms with Crippen LogP contribution in [0.4, 0.5) is 0 Å². The fourth-order valence-corrected chi connectivity index (χ4v) is 4.57. The highest BCUT2D eigenvalue weighted by Crippen LogP contribution is 2.33. The molecule has 2 heterocycles. The lowest BCUT2D eigenvalue weighted by Gasteiger charge is -2.50. The van der Waals surface area contributed by atoms with E-state index >= 15 is 0 Å². The minimum atomic E-state index is -0.0289. The molecule has 2 aliphatic heterocycles. The molecule has 0 spiro atoms. The molecule has 26 heavy (non-hydrogen) atoms. The Morgan fingerprint density at radius 2 is 1.77 bits per heavy atom. The van der Waals surface area contributed by atoms with Crippen LogP contribution in [-0.2, 0) is 19.5 Å². The molecule has 2 aromatic rings. The van der Waals surface area contributed by atoms with Gasteiger partial charge in [-0.05, 0) is 55.4 Å². The molecule has 1 saturated heterocycles. The van der Waals surface area contributed by atoms with Gasteiger partial charge in [0.2, 0.25) is 0 Å². The van der Waals surface area contributed by atoms with Crippen LogP contribution in [-0.4, -0.2) is 29.2 Å². The first-order chi connectivity index (χ1) is 12.6. The molecule has 2 aromatic carbocycles. The Balaban J connectivity index is 1.47. The highest BCUT2D eigenvalue weighted by atomic mass is 16.5. The second kappa shape index (κ2) is 7.51. The van der Waals surface area contributed by atoms with Gasteiger partial charge < -0.3 is 9.85 Å². The highest BCUT2D eigenvalue weighted by Gasteiger charge is 2.29. The lowest BCUT2D eigenvalue weighted by atomic mass is 9.93. The van der Waals surface area contributed by atoms with Gasteiger partial charge in [0.05, 0.1) is 13.1 Å². The fraction of sp³-hybridized carbons (Fsp3) is 0.478. The number of benzene rings is 2. The number of hydroxylamine groups is 3. The maximum atomic E-state index is 13.2. The molecule has 0 aliphatic carbocycles. The highest BCUT2D eigenvalue weighted by molar-refractivity contribution is 5.35. The van der Waals surface area contributed by atoms with E-state index in [0.717, 1.165) is 52.0 Å². The van der Waals surface area contributed by atoms with E-state index in [1.165, 1.54) is 28.7 Å². The Kier molecular flexibility index (Phi) is 5.12. The van der Waals surface area contributed by atoms with E-state index in [0.29, 0.717) is 0 Å². The molecule has 0 amide bonds. The van der Waals surface area contributed by atoms with Gasteiger partial charge in [-0.3, -0.25) is 4.90 Å². The number of rotatable bonds is 4. The van der Waals surface area contributed by atoms with Crippen LogP contribution in [0.15, 0.2) is 48.5 Å². The van der Waals surface area contributed by atoms with Gasteiger partial charge in [-0.15, -0.1) is 0 Å². The smallest absolute Gasteiger partial charge is 0.112 e. The van der Waals surface area contributed by atoms with Crippen LogP contribution < -0.4 is 0 Å². The zero-order valence-electron chi connectivity index (χ0n) is 15.9. The van der Waals surface area contributed by atoms with E-state index in [1.807, 2.05) is 0 Å². The first-order valence-electron chi connectivity index (χ1n) is 10.1. The van der Waals surface area contributed by atoms with Gasteiger partial charge in [-0.1, -0.05) is 42.5 Å². The van der Waals surface area contributed by atoms with Crippen molar-refractivity contribution in [2.45, 2.75) is 51.7 Å². The number of piperidine rings is 1. The molecule has 0 N–H and O–H groups in total. The van der Waals surface area contributed by atoms with Gasteiger partial charge in [-0.25, -0.2) is 0 Å². The molecule has 1 fully saturated rings. The lowest BCUT2D eigenvalue weighted by molar-refractivity contribution is -0.914. The zero-order chi connectivity index (χ0) is 18.0. The van der Waals surface area contributed by atoms with Crippen molar-refractivity contribution in [2.24, 2.45) is 0 Å². The van der Waals surface area contributed by atoms with Crippen LogP contribution in [0.1, 0.15) is 54.5 Å². The number of nitrogens with zero attached hydrogens (tertiary/aromatic N) is 2. The summed E-state index contributed by atoms with van der Waals surface area (Å²) in [5.41, 5.74) is 5.49. The van der Waals surface area contributed by atoms with Crippen molar-refractivity contribution in [1.29, 1.82) is 0 Å². The molecule has 4 rings (SSSR count). The Morgan fingerprint density at radius 1 is 1.00 bits per heavy atom. The fourth-order valence-electron chi connectivity index (χ4n) is 4.57. The van der Waals surface area contributed by atoms with Gasteiger partial charge in [0, 0.05) is 25.2 Å². The summed E-state index contributed by atoms with van der Waals surface area (Å²) in [6.45, 7) is 6.81. The third-order valence-electron chi connectivity index (χ3n) is 6.33. The molecule has 2 aliphatic rings. The van der Waals surface area contributed by atoms with Crippen LogP contribution in [0.2, 0.25) is 0 Å². The van der Waals surface area contributed by atoms with E-state index in [-0.39, 0.29) is 10.7 Å². The summed E-state index contributed by atoms with van der Waals surface area (Å²) in [6.07, 6.45) is 4.46. The molecule has 1 atom stereocenters. The zero-order valence-corrected chi connectivity index (χ0v) is 15.9. The van der Waals surface area contributed by atoms with Crippen LogP contribution >= 0.6 is 0 Å². The van der Waals surface area contributed by atoms with E-state index in [9.17, 15) is 5.21 Å². The normalized spacial score (nSPS) is 21.2. The van der Waals surface area contributed by atoms with E-state index < -0.39 is 0 Å². The standard InChI is InChI=1S/C23H30N2O/c1-19(25(26)14-6-3-7-15-25)21-10-11-23-18-24(13-12-22(23)16-21)17-20-8-4-2-5-9-20/h2,4-5,8-11,16,19H,3,6-7,12-15,17-18H2,1H3. The van der Waals surface area contributed by atoms with Crippen molar-refractivity contribution < 1.29 is 4.65 Å². The van der Waals surface area contributed by atoms with Gasteiger partial charge in [0.15, 0.2) is 0 Å². The maximum Gasteiger partial charge on any atom is 0.112 e. The predicted octanol–water partition coefficient (Wildman–Crippen LogP) is 4.80. The van der Waals surface area contributed by atoms with E-state index in [4.69, 9.17) is 0 Å². The minimum absolute atomic E-state index is 0.0289. The third kappa shape index (κ3) is 3.71. The van der Waals surface area contributed by atoms with Crippen LogP contribution in [0, 0.1) is 5.21 Å². The van der Waals surface area contributed by atoms with Gasteiger partial charge >= 0.3 is 0 Å². The summed E-state index contributed by atoms with van der Waals surface area (Å²) < 4.78 is -0.0289. The van der Waals surface area contributed by atoms with Crippen molar-refractivity contribution in [3.8, 4) is 0 Å². The quantitative estimate of drug-likeness (QED) is 0.584. The molecular weight excluding hydrogens is 320 g/mol. The summed E-state index contributed by atoms with van der Waals surface area (Å²) in [7, 11) is 0. The molecule has 0 aromatic heterocycles. The van der Waals surface area contributed by atoms with Crippen LogP contribution in [0.3, 0.4) is 0 Å². The molecule has 0 saturated carbocycles. The van der Waals surface area contributed by atoms with Crippen molar-refractivity contribution in [3.63, 3.8) is 0 Å². The number of hydrogen-bond donors (Lipinski definition) is 0. The molecule has 3 heteroatoms. The molecular formula is C23H30N2O. The Morgan fingerprint density at radius 3 is 2.54 bits per heavy atom. The summed E-state index contributed by atoms with van der Waals surface area (Å²) >= 11 is 0. The van der Waals surface area contributed by atoms with Crippen molar-refractivity contribution in [3.05, 3.63) is 76.0 Å². The third-order valence-corrected chi connectivity index (χ3v) is 6.33. The second-order valence-electron chi connectivity index (χ2n) is 8.11. The molecule has 0 bridgehead atoms. The Labute approximate surface area is 157 Å². The second-order valence-corrected chi connectivity index (χ2v) is 8.11. The van der Waals surface area contributed by atoms with Gasteiger partial charge in [0.25, 0.3) is 0 Å². The number of hydrogen-bond acceptors (Lipinski definition) is 2. The van der Waals surface area contributed by atoms with Crippen LogP contribution in [0.25, 0.3) is 0 Å². The number of quaternary nitrogens is 1. The monoisotopic (exact) mass is 350 g/mol. The average Bonchev–Trinajstić information content (AvgIpc) is 2.68. The molecule has 0 radical (unpaired) electrons. The SMILES string of the molecule is CC(c1ccc2c(c1)CCN(Cc1ccccc1)C2)[N+]1([O-])CCCCC1. The summed E-state index contributed by atoms with van der Waals surface area (Å²) in [4.78, 5) is 2.52. The van der Waals surface area contributed by atoms with E-state index in [2.05, 4.69) is 60.4 Å². The maximum absolute atomic E-state index is 13.2. The lowest BCUT2D eigenvalue weighted by Crippen LogP contribution is -2.47. The van der Waals surface area contributed by atoms with Crippen molar-refractivity contribution in [2.75, 3.05) is 19.6 Å². The minimum Gasteiger partial charge on any atom is -0.632 e. The van der Waals surface area contributed by atoms with Crippen LogP contribution in [0.5, 0.6) is 0 Å². The first kappa shape index (κ1) is 17.7. The molecule has 3 nitrogen and oxygen atoms in total. The van der Waals surface area contributed by atoms with Gasteiger partial charge in [-0.2, -0.15) is 0 Å². The van der Waals surface area contributed by atoms with Crippen molar-refractivity contribution >= 4 is 0 Å². The largest absolute Gasteiger partial charge is 0.632 e. The average molecular weight is 351 g/mol. The summed E-state index contributed by atoms with van der Waals surface area (Å²) in [5, 5.41) is 13.2. The van der Waals surface area contributed by atoms with E-state index in [1.54, 1.807) is 0 Å². The topological polar surface area (TPSA) is 26.3 Å². The van der Waals surface area contributed by atoms with Crippen molar-refractivity contribution in [1.82, 2.24) is 4.90 Å². The first-order valence-corrected chi connectivity index (χ1v) is 10.1. The Bertz CT molecular complexity index is 737.